The zero-order valence-corrected chi connectivity index (χ0v) is 14.4. The van der Waals surface area contributed by atoms with Gasteiger partial charge in [0.2, 0.25) is 5.91 Å². The summed E-state index contributed by atoms with van der Waals surface area (Å²) in [5.41, 5.74) is 0.945. The van der Waals surface area contributed by atoms with E-state index in [9.17, 15) is 9.59 Å². The van der Waals surface area contributed by atoms with Crippen LogP contribution in [0.5, 0.6) is 0 Å². The van der Waals surface area contributed by atoms with Crippen molar-refractivity contribution in [2.24, 2.45) is 0 Å². The zero-order valence-electron chi connectivity index (χ0n) is 13.6. The Labute approximate surface area is 147 Å². The molecule has 0 aliphatic carbocycles. The monoisotopic (exact) mass is 357 g/mol. The molecule has 128 valence electrons. The van der Waals surface area contributed by atoms with Gasteiger partial charge in [0.1, 0.15) is 0 Å². The Morgan fingerprint density at radius 2 is 1.96 bits per heavy atom. The van der Waals surface area contributed by atoms with E-state index in [2.05, 4.69) is 15.5 Å². The quantitative estimate of drug-likeness (QED) is 0.531. The number of hydrogen-bond acceptors (Lipinski definition) is 7. The first-order chi connectivity index (χ1) is 12.0. The first-order valence-electron chi connectivity index (χ1n) is 7.49. The molecule has 0 aliphatic heterocycles. The minimum atomic E-state index is -0.495. The van der Waals surface area contributed by atoms with E-state index in [0.717, 1.165) is 11.8 Å². The van der Waals surface area contributed by atoms with Crippen LogP contribution < -0.4 is 5.32 Å². The summed E-state index contributed by atoms with van der Waals surface area (Å²) in [5, 5.41) is 10.3. The van der Waals surface area contributed by atoms with E-state index in [-0.39, 0.29) is 22.8 Å². The number of aromatic nitrogens is 2. The third-order valence-electron chi connectivity index (χ3n) is 3.35. The molecule has 2 heterocycles. The molecule has 0 saturated carbocycles. The molecule has 0 bridgehead atoms. The number of furan rings is 1. The number of rotatable bonds is 6. The molecule has 25 heavy (non-hydrogen) atoms. The van der Waals surface area contributed by atoms with Gasteiger partial charge in [0.15, 0.2) is 11.5 Å². The van der Waals surface area contributed by atoms with Crippen LogP contribution in [0, 0.1) is 0 Å². The van der Waals surface area contributed by atoms with Gasteiger partial charge in [0, 0.05) is 5.56 Å². The molecule has 2 aromatic heterocycles. The summed E-state index contributed by atoms with van der Waals surface area (Å²) in [6.07, 6.45) is 1.51. The van der Waals surface area contributed by atoms with Crippen molar-refractivity contribution in [1.82, 2.24) is 10.2 Å². The number of carbonyl (C=O) groups is 2. The largest absolute Gasteiger partial charge is 0.459 e. The number of benzene rings is 1. The summed E-state index contributed by atoms with van der Waals surface area (Å²) in [7, 11) is 0. The average molecular weight is 357 g/mol. The van der Waals surface area contributed by atoms with Gasteiger partial charge in [-0.1, -0.05) is 23.9 Å². The van der Waals surface area contributed by atoms with Gasteiger partial charge < -0.3 is 14.2 Å². The summed E-state index contributed by atoms with van der Waals surface area (Å²) < 4.78 is 10.7. The van der Waals surface area contributed by atoms with Gasteiger partial charge in [-0.25, -0.2) is 0 Å². The maximum Gasteiger partial charge on any atom is 0.284 e. The topological polar surface area (TPSA) is 98.2 Å². The Kier molecular flexibility index (Phi) is 4.99. The van der Waals surface area contributed by atoms with Gasteiger partial charge >= 0.3 is 0 Å². The molecule has 0 fully saturated rings. The summed E-state index contributed by atoms with van der Waals surface area (Å²) in [6.45, 7) is 3.17. The molecule has 0 spiro atoms. The Bertz CT molecular complexity index is 889. The van der Waals surface area contributed by atoms with E-state index in [1.807, 2.05) is 0 Å². The minimum absolute atomic E-state index is 0.115. The molecule has 1 amide bonds. The number of carbonyl (C=O) groups excluding carboxylic acids is 2. The Balaban J connectivity index is 1.66. The Hall–Kier alpha value is -2.87. The Morgan fingerprint density at radius 3 is 2.68 bits per heavy atom. The highest BCUT2D eigenvalue weighted by Gasteiger charge is 2.20. The van der Waals surface area contributed by atoms with E-state index in [1.54, 1.807) is 43.3 Å². The van der Waals surface area contributed by atoms with E-state index < -0.39 is 5.25 Å². The van der Waals surface area contributed by atoms with Gasteiger partial charge in [-0.15, -0.1) is 10.2 Å². The molecule has 0 aliphatic rings. The molecule has 1 N–H and O–H groups in total. The van der Waals surface area contributed by atoms with Crippen molar-refractivity contribution in [1.29, 1.82) is 0 Å². The van der Waals surface area contributed by atoms with Crippen LogP contribution in [-0.2, 0) is 4.79 Å². The molecule has 0 saturated heterocycles. The maximum absolute atomic E-state index is 12.4. The summed E-state index contributed by atoms with van der Waals surface area (Å²) in [6, 6.07) is 10.3. The van der Waals surface area contributed by atoms with Crippen molar-refractivity contribution < 1.29 is 18.4 Å². The molecule has 1 atom stereocenters. The summed E-state index contributed by atoms with van der Waals surface area (Å²) >= 11 is 1.12. The van der Waals surface area contributed by atoms with Crippen LogP contribution in [0.3, 0.4) is 0 Å². The molecule has 3 rings (SSSR count). The van der Waals surface area contributed by atoms with Crippen molar-refractivity contribution in [3.8, 4) is 11.7 Å². The number of anilines is 1. The van der Waals surface area contributed by atoms with Crippen molar-refractivity contribution >= 4 is 29.1 Å². The van der Waals surface area contributed by atoms with Gasteiger partial charge in [0.25, 0.3) is 11.1 Å². The molecule has 8 heteroatoms. The lowest BCUT2D eigenvalue weighted by Crippen LogP contribution is -2.23. The standard InChI is InChI=1S/C17H15N3O4S/c1-10(21)12-6-3-4-7-13(12)18-15(22)11(2)25-17-20-19-16(24-17)14-8-5-9-23-14/h3-9,11H,1-2H3,(H,18,22)/t11-/m0/s1. The van der Waals surface area contributed by atoms with E-state index in [0.29, 0.717) is 17.0 Å². The number of Topliss-reactive ketones (excluding diaryl/α,β-unsaturated/α-hetero) is 1. The van der Waals surface area contributed by atoms with Crippen molar-refractivity contribution in [3.05, 3.63) is 48.2 Å². The summed E-state index contributed by atoms with van der Waals surface area (Å²) in [5.74, 6) is 0.335. The Morgan fingerprint density at radius 1 is 1.16 bits per heavy atom. The number of para-hydroxylation sites is 1. The first kappa shape index (κ1) is 17.0. The second kappa shape index (κ2) is 7.35. The molecule has 1 aromatic carbocycles. The predicted molar refractivity (Wildman–Crippen MR) is 92.4 cm³/mol. The van der Waals surface area contributed by atoms with Crippen molar-refractivity contribution in [2.75, 3.05) is 5.32 Å². The van der Waals surface area contributed by atoms with Crippen LogP contribution in [0.2, 0.25) is 0 Å². The van der Waals surface area contributed by atoms with Crippen LogP contribution in [-0.4, -0.2) is 27.1 Å². The molecule has 3 aromatic rings. The lowest BCUT2D eigenvalue weighted by molar-refractivity contribution is -0.115. The molecular weight excluding hydrogens is 342 g/mol. The first-order valence-corrected chi connectivity index (χ1v) is 8.37. The predicted octanol–water partition coefficient (Wildman–Crippen LogP) is 3.65. The number of thioether (sulfide) groups is 1. The van der Waals surface area contributed by atoms with Crippen LogP contribution in [0.4, 0.5) is 5.69 Å². The van der Waals surface area contributed by atoms with Crippen molar-refractivity contribution in [2.45, 2.75) is 24.3 Å². The van der Waals surface area contributed by atoms with Crippen LogP contribution in [0.15, 0.2) is 56.7 Å². The highest BCUT2D eigenvalue weighted by atomic mass is 32.2. The van der Waals surface area contributed by atoms with Gasteiger partial charge in [0.05, 0.1) is 17.2 Å². The van der Waals surface area contributed by atoms with E-state index in [4.69, 9.17) is 8.83 Å². The van der Waals surface area contributed by atoms with Crippen molar-refractivity contribution in [3.63, 3.8) is 0 Å². The lowest BCUT2D eigenvalue weighted by Gasteiger charge is -2.12. The van der Waals surface area contributed by atoms with Crippen LogP contribution >= 0.6 is 11.8 Å². The highest BCUT2D eigenvalue weighted by Crippen LogP contribution is 2.27. The number of nitrogens with one attached hydrogen (secondary N) is 1. The fourth-order valence-corrected chi connectivity index (χ4v) is 2.78. The maximum atomic E-state index is 12.4. The normalized spacial score (nSPS) is 11.9. The van der Waals surface area contributed by atoms with Crippen LogP contribution in [0.1, 0.15) is 24.2 Å². The van der Waals surface area contributed by atoms with Gasteiger partial charge in [-0.2, -0.15) is 0 Å². The smallest absolute Gasteiger partial charge is 0.284 e. The SMILES string of the molecule is CC(=O)c1ccccc1NC(=O)[C@H](C)Sc1nnc(-c2ccco2)o1. The number of ketones is 1. The fraction of sp³-hybridized carbons (Fsp3) is 0.176. The second-order valence-electron chi connectivity index (χ2n) is 5.20. The van der Waals surface area contributed by atoms with Gasteiger partial charge in [-0.05, 0) is 38.1 Å². The molecular formula is C17H15N3O4S. The lowest BCUT2D eigenvalue weighted by atomic mass is 10.1. The molecule has 0 unspecified atom stereocenters. The van der Waals surface area contributed by atoms with E-state index in [1.165, 1.54) is 13.2 Å². The zero-order chi connectivity index (χ0) is 17.8. The average Bonchev–Trinajstić information content (AvgIpc) is 3.26. The number of amides is 1. The molecule has 7 nitrogen and oxygen atoms in total. The fourth-order valence-electron chi connectivity index (χ4n) is 2.10. The molecule has 0 radical (unpaired) electrons. The van der Waals surface area contributed by atoms with E-state index >= 15 is 0 Å². The number of nitrogens with zero attached hydrogens (tertiary/aromatic N) is 2. The highest BCUT2D eigenvalue weighted by molar-refractivity contribution is 8.00. The number of hydrogen-bond donors (Lipinski definition) is 1. The van der Waals surface area contributed by atoms with Gasteiger partial charge in [-0.3, -0.25) is 9.59 Å². The third kappa shape index (κ3) is 3.97. The summed E-state index contributed by atoms with van der Waals surface area (Å²) in [4.78, 5) is 24.0. The van der Waals surface area contributed by atoms with Crippen LogP contribution in [0.25, 0.3) is 11.7 Å². The third-order valence-corrected chi connectivity index (χ3v) is 4.28. The minimum Gasteiger partial charge on any atom is -0.459 e. The second-order valence-corrected chi connectivity index (χ2v) is 6.49.